The first-order chi connectivity index (χ1) is 3.79. The third-order valence-corrected chi connectivity index (χ3v) is 1.04. The van der Waals surface area contributed by atoms with E-state index in [0.29, 0.717) is 5.69 Å². The van der Waals surface area contributed by atoms with E-state index in [4.69, 9.17) is 0 Å². The predicted molar refractivity (Wildman–Crippen MR) is 34.2 cm³/mol. The lowest BCUT2D eigenvalue weighted by Gasteiger charge is -1.87. The number of rotatable bonds is 0. The van der Waals surface area contributed by atoms with Crippen molar-refractivity contribution in [3.8, 4) is 0 Å². The molecular weight excluding hydrogens is 168 g/mol. The molecule has 0 fully saturated rings. The first-order valence-electron chi connectivity index (χ1n) is 2.08. The molecule has 2 nitrogen and oxygen atoms in total. The summed E-state index contributed by atoms with van der Waals surface area (Å²) in [5, 5.41) is 0. The zero-order valence-corrected chi connectivity index (χ0v) is 5.72. The monoisotopic (exact) mass is 171 g/mol. The summed E-state index contributed by atoms with van der Waals surface area (Å²) in [6.45, 7) is 3.58. The van der Waals surface area contributed by atoms with Gasteiger partial charge in [-0.05, 0) is 22.9 Å². The molecule has 0 aliphatic heterocycles. The molecule has 8 heavy (non-hydrogen) atoms. The van der Waals surface area contributed by atoms with E-state index in [2.05, 4.69) is 32.8 Å². The third-order valence-electron chi connectivity index (χ3n) is 0.655. The quantitative estimate of drug-likeness (QED) is 0.591. The molecule has 41 valence electrons. The van der Waals surface area contributed by atoms with E-state index in [9.17, 15) is 0 Å². The van der Waals surface area contributed by atoms with Gasteiger partial charge in [0.15, 0.2) is 0 Å². The lowest BCUT2D eigenvalue weighted by atomic mass is 10.5. The maximum Gasteiger partial charge on any atom is 0.124 e. The van der Waals surface area contributed by atoms with E-state index in [0.717, 1.165) is 4.60 Å². The number of hydrogen-bond acceptors (Lipinski definition) is 2. The Morgan fingerprint density at radius 3 is 2.62 bits per heavy atom. The minimum Gasteiger partial charge on any atom is -0.260 e. The highest BCUT2D eigenvalue weighted by atomic mass is 79.9. The molecule has 1 radical (unpaired) electrons. The molecule has 1 rings (SSSR count). The van der Waals surface area contributed by atoms with E-state index >= 15 is 0 Å². The van der Waals surface area contributed by atoms with Gasteiger partial charge in [-0.2, -0.15) is 0 Å². The van der Waals surface area contributed by atoms with Gasteiger partial charge in [0.1, 0.15) is 4.60 Å². The topological polar surface area (TPSA) is 25.8 Å². The number of nitrogens with zero attached hydrogens (tertiary/aromatic N) is 2. The van der Waals surface area contributed by atoms with Crippen molar-refractivity contribution in [2.75, 3.05) is 0 Å². The molecule has 0 saturated heterocycles. The average Bonchev–Trinajstić information content (AvgIpc) is 1.64. The van der Waals surface area contributed by atoms with Crippen molar-refractivity contribution in [3.05, 3.63) is 29.6 Å². The van der Waals surface area contributed by atoms with Crippen molar-refractivity contribution in [1.29, 1.82) is 0 Å². The van der Waals surface area contributed by atoms with E-state index in [1.54, 1.807) is 12.4 Å². The SMILES string of the molecule is [CH2]c1cncc(Br)n1. The van der Waals surface area contributed by atoms with Gasteiger partial charge < -0.3 is 0 Å². The van der Waals surface area contributed by atoms with Crippen LogP contribution < -0.4 is 0 Å². The fourth-order valence-corrected chi connectivity index (χ4v) is 0.726. The zero-order chi connectivity index (χ0) is 5.98. The molecule has 0 aliphatic rings. The summed E-state index contributed by atoms with van der Waals surface area (Å²) in [5.41, 5.74) is 0.680. The molecule has 1 aromatic rings. The molecule has 3 heteroatoms. The van der Waals surface area contributed by atoms with Crippen molar-refractivity contribution in [3.63, 3.8) is 0 Å². The van der Waals surface area contributed by atoms with Gasteiger partial charge in [-0.15, -0.1) is 0 Å². The Bertz CT molecular complexity index is 170. The highest BCUT2D eigenvalue weighted by Gasteiger charge is 1.85. The second-order valence-corrected chi connectivity index (χ2v) is 2.15. The van der Waals surface area contributed by atoms with Crippen molar-refractivity contribution in [2.24, 2.45) is 0 Å². The summed E-state index contributed by atoms with van der Waals surface area (Å²) in [7, 11) is 0. The Morgan fingerprint density at radius 2 is 2.25 bits per heavy atom. The van der Waals surface area contributed by atoms with Crippen LogP contribution in [0, 0.1) is 6.92 Å². The maximum absolute atomic E-state index is 3.92. The molecule has 1 heterocycles. The molecular formula is C5H4BrN2. The van der Waals surface area contributed by atoms with Crippen LogP contribution >= 0.6 is 15.9 Å². The molecule has 0 saturated carbocycles. The van der Waals surface area contributed by atoms with Crippen LogP contribution in [0.5, 0.6) is 0 Å². The van der Waals surface area contributed by atoms with Crippen LogP contribution in [0.2, 0.25) is 0 Å². The number of aromatic nitrogens is 2. The Kier molecular flexibility index (Phi) is 1.58. The highest BCUT2D eigenvalue weighted by Crippen LogP contribution is 2.01. The standard InChI is InChI=1S/C5H4BrN2/c1-4-2-7-3-5(6)8-4/h2-3H,1H2. The van der Waals surface area contributed by atoms with Crippen LogP contribution in [-0.2, 0) is 0 Å². The van der Waals surface area contributed by atoms with Crippen molar-refractivity contribution >= 4 is 15.9 Å². The summed E-state index contributed by atoms with van der Waals surface area (Å²) in [5.74, 6) is 0. The Labute approximate surface area is 56.1 Å². The second-order valence-electron chi connectivity index (χ2n) is 1.33. The normalized spacial score (nSPS) is 9.25. The second kappa shape index (κ2) is 2.22. The van der Waals surface area contributed by atoms with Gasteiger partial charge in [0.25, 0.3) is 0 Å². The van der Waals surface area contributed by atoms with E-state index < -0.39 is 0 Å². The van der Waals surface area contributed by atoms with Gasteiger partial charge in [-0.3, -0.25) is 4.98 Å². The number of hydrogen-bond donors (Lipinski definition) is 0. The van der Waals surface area contributed by atoms with E-state index in [1.807, 2.05) is 0 Å². The Hall–Kier alpha value is -0.440. The molecule has 0 spiro atoms. The van der Waals surface area contributed by atoms with Gasteiger partial charge in [-0.25, -0.2) is 4.98 Å². The van der Waals surface area contributed by atoms with Crippen LogP contribution in [-0.4, -0.2) is 9.97 Å². The molecule has 0 atom stereocenters. The molecule has 0 aliphatic carbocycles. The first kappa shape index (κ1) is 5.69. The molecule has 1 aromatic heterocycles. The molecule has 0 unspecified atom stereocenters. The van der Waals surface area contributed by atoms with E-state index in [-0.39, 0.29) is 0 Å². The minimum absolute atomic E-state index is 0.680. The fraction of sp³-hybridized carbons (Fsp3) is 0. The largest absolute Gasteiger partial charge is 0.260 e. The summed E-state index contributed by atoms with van der Waals surface area (Å²) in [6, 6.07) is 0. The molecule has 0 N–H and O–H groups in total. The first-order valence-corrected chi connectivity index (χ1v) is 2.88. The summed E-state index contributed by atoms with van der Waals surface area (Å²) in [6.07, 6.45) is 3.22. The van der Waals surface area contributed by atoms with Crippen molar-refractivity contribution in [2.45, 2.75) is 0 Å². The smallest absolute Gasteiger partial charge is 0.124 e. The van der Waals surface area contributed by atoms with Crippen molar-refractivity contribution in [1.82, 2.24) is 9.97 Å². The van der Waals surface area contributed by atoms with Crippen LogP contribution in [0.15, 0.2) is 17.0 Å². The molecule has 0 aromatic carbocycles. The average molecular weight is 172 g/mol. The van der Waals surface area contributed by atoms with Crippen LogP contribution in [0.1, 0.15) is 5.69 Å². The van der Waals surface area contributed by atoms with Crippen LogP contribution in [0.4, 0.5) is 0 Å². The summed E-state index contributed by atoms with van der Waals surface area (Å²) >= 11 is 3.15. The number of halogens is 1. The zero-order valence-electron chi connectivity index (χ0n) is 4.13. The summed E-state index contributed by atoms with van der Waals surface area (Å²) < 4.78 is 0.727. The van der Waals surface area contributed by atoms with Gasteiger partial charge in [0.2, 0.25) is 0 Å². The van der Waals surface area contributed by atoms with Gasteiger partial charge in [-0.1, -0.05) is 0 Å². The lowest BCUT2D eigenvalue weighted by Crippen LogP contribution is -1.81. The van der Waals surface area contributed by atoms with Gasteiger partial charge >= 0.3 is 0 Å². The molecule has 0 bridgehead atoms. The predicted octanol–water partition coefficient (Wildman–Crippen LogP) is 1.42. The Balaban J connectivity index is 3.08. The fourth-order valence-electron chi connectivity index (χ4n) is 0.380. The lowest BCUT2D eigenvalue weighted by molar-refractivity contribution is 1.13. The maximum atomic E-state index is 3.92. The third kappa shape index (κ3) is 1.26. The Morgan fingerprint density at radius 1 is 1.50 bits per heavy atom. The van der Waals surface area contributed by atoms with Gasteiger partial charge in [0.05, 0.1) is 11.9 Å². The highest BCUT2D eigenvalue weighted by molar-refractivity contribution is 9.10. The van der Waals surface area contributed by atoms with Crippen molar-refractivity contribution < 1.29 is 0 Å². The summed E-state index contributed by atoms with van der Waals surface area (Å²) in [4.78, 5) is 7.73. The van der Waals surface area contributed by atoms with E-state index in [1.165, 1.54) is 0 Å². The van der Waals surface area contributed by atoms with Gasteiger partial charge in [0, 0.05) is 6.20 Å². The minimum atomic E-state index is 0.680. The van der Waals surface area contributed by atoms with Crippen LogP contribution in [0.25, 0.3) is 0 Å². The van der Waals surface area contributed by atoms with Crippen LogP contribution in [0.3, 0.4) is 0 Å². The molecule has 0 amide bonds.